The van der Waals surface area contributed by atoms with Gasteiger partial charge in [-0.3, -0.25) is 24.4 Å². The maximum Gasteiger partial charge on any atom is 0.344 e. The van der Waals surface area contributed by atoms with Crippen molar-refractivity contribution in [2.45, 2.75) is 51.4 Å². The number of nitrogens with zero attached hydrogens (tertiary/aromatic N) is 3. The van der Waals surface area contributed by atoms with Gasteiger partial charge in [0.15, 0.2) is 5.16 Å². The van der Waals surface area contributed by atoms with Crippen LogP contribution in [0.25, 0.3) is 10.2 Å². The summed E-state index contributed by atoms with van der Waals surface area (Å²) < 4.78 is 1.53. The Hall–Kier alpha value is -3.18. The lowest BCUT2D eigenvalue weighted by molar-refractivity contribution is -0.138. The molecule has 1 aromatic carbocycles. The fourth-order valence-electron chi connectivity index (χ4n) is 4.02. The molecular weight excluding hydrogens is 474 g/mol. The quantitative estimate of drug-likeness (QED) is 0.293. The first-order valence-corrected chi connectivity index (χ1v) is 12.7. The van der Waals surface area contributed by atoms with Crippen LogP contribution < -0.4 is 16.3 Å². The Bertz CT molecular complexity index is 1350. The number of amides is 4. The number of thioether (sulfide) groups is 1. The van der Waals surface area contributed by atoms with Crippen LogP contribution in [-0.2, 0) is 21.7 Å². The molecule has 0 spiro atoms. The van der Waals surface area contributed by atoms with Crippen molar-refractivity contribution in [3.8, 4) is 0 Å². The maximum atomic E-state index is 13.2. The highest BCUT2D eigenvalue weighted by Crippen LogP contribution is 2.32. The van der Waals surface area contributed by atoms with Gasteiger partial charge in [-0.15, -0.1) is 11.3 Å². The molecule has 3 heterocycles. The smallest absolute Gasteiger partial charge is 0.318 e. The number of thiophene rings is 1. The molecule has 11 heteroatoms. The topological polar surface area (TPSA) is 113 Å². The van der Waals surface area contributed by atoms with E-state index in [-0.39, 0.29) is 11.3 Å². The first kappa shape index (κ1) is 24.0. The van der Waals surface area contributed by atoms with Crippen LogP contribution in [0.1, 0.15) is 36.3 Å². The zero-order valence-corrected chi connectivity index (χ0v) is 20.9. The Morgan fingerprint density at radius 3 is 2.53 bits per heavy atom. The van der Waals surface area contributed by atoms with Gasteiger partial charge in [-0.2, -0.15) is 5.01 Å². The van der Waals surface area contributed by atoms with Gasteiger partial charge in [-0.05, 0) is 38.3 Å². The van der Waals surface area contributed by atoms with Gasteiger partial charge in [0.25, 0.3) is 11.5 Å². The Kier molecular flexibility index (Phi) is 6.50. The van der Waals surface area contributed by atoms with Gasteiger partial charge in [0.05, 0.1) is 11.1 Å². The number of hydrogen-bond donors (Lipinski definition) is 2. The number of hydrazine groups is 1. The second-order valence-corrected chi connectivity index (χ2v) is 10.1. The van der Waals surface area contributed by atoms with Gasteiger partial charge >= 0.3 is 6.03 Å². The summed E-state index contributed by atoms with van der Waals surface area (Å²) in [6.45, 7) is 7.90. The minimum absolute atomic E-state index is 0.122. The predicted octanol–water partition coefficient (Wildman–Crippen LogP) is 3.08. The molecule has 178 valence electrons. The highest BCUT2D eigenvalue weighted by molar-refractivity contribution is 7.99. The lowest BCUT2D eigenvalue weighted by atomic mass is 9.87. The molecule has 0 radical (unpaired) electrons. The second kappa shape index (κ2) is 9.22. The molecule has 34 heavy (non-hydrogen) atoms. The van der Waals surface area contributed by atoms with Crippen LogP contribution in [0.3, 0.4) is 0 Å². The summed E-state index contributed by atoms with van der Waals surface area (Å²) in [5.74, 6) is -1.22. The molecule has 1 aliphatic heterocycles. The Morgan fingerprint density at radius 1 is 1.18 bits per heavy atom. The second-order valence-electron chi connectivity index (χ2n) is 7.93. The number of carbonyl (C=O) groups excluding carboxylic acids is 3. The fourth-order valence-corrected chi connectivity index (χ4v) is 5.95. The summed E-state index contributed by atoms with van der Waals surface area (Å²) in [5.41, 5.74) is 2.61. The van der Waals surface area contributed by atoms with Gasteiger partial charge in [-0.25, -0.2) is 9.78 Å². The third-order valence-electron chi connectivity index (χ3n) is 6.03. The van der Waals surface area contributed by atoms with Gasteiger partial charge in [0.1, 0.15) is 10.4 Å². The van der Waals surface area contributed by atoms with Crippen molar-refractivity contribution in [3.63, 3.8) is 0 Å². The molecule has 0 aliphatic carbocycles. The summed E-state index contributed by atoms with van der Waals surface area (Å²) in [5, 5.41) is 4.48. The fraction of sp³-hybridized carbons (Fsp3) is 0.348. The summed E-state index contributed by atoms with van der Waals surface area (Å²) >= 11 is 2.53. The van der Waals surface area contributed by atoms with Gasteiger partial charge in [0, 0.05) is 11.4 Å². The molecule has 1 unspecified atom stereocenters. The SMILES string of the molecule is CCn1c(SCC(=O)NN2C(=O)NC(CC)(c3ccccc3)C2=O)nc2sc(C)c(C)c2c1=O. The van der Waals surface area contributed by atoms with E-state index in [9.17, 15) is 19.2 Å². The van der Waals surface area contributed by atoms with Crippen molar-refractivity contribution in [1.29, 1.82) is 0 Å². The molecule has 1 saturated heterocycles. The molecular formula is C23H25N5O4S2. The molecule has 0 bridgehead atoms. The van der Waals surface area contributed by atoms with Crippen molar-refractivity contribution >= 4 is 51.2 Å². The lowest BCUT2D eigenvalue weighted by Gasteiger charge is -2.25. The molecule has 1 atom stereocenters. The number of fused-ring (bicyclic) bond motifs is 1. The van der Waals surface area contributed by atoms with Crippen LogP contribution >= 0.6 is 23.1 Å². The van der Waals surface area contributed by atoms with Crippen LogP contribution in [0.15, 0.2) is 40.3 Å². The summed E-state index contributed by atoms with van der Waals surface area (Å²) in [6, 6.07) is 8.25. The third-order valence-corrected chi connectivity index (χ3v) is 8.10. The minimum atomic E-state index is -1.23. The highest BCUT2D eigenvalue weighted by atomic mass is 32.2. The molecule has 4 rings (SSSR count). The number of nitrogens with one attached hydrogen (secondary N) is 2. The molecule has 1 aliphatic rings. The van der Waals surface area contributed by atoms with Crippen molar-refractivity contribution in [2.75, 3.05) is 5.75 Å². The number of aryl methyl sites for hydroxylation is 2. The first-order chi connectivity index (χ1) is 16.2. The minimum Gasteiger partial charge on any atom is -0.318 e. The van der Waals surface area contributed by atoms with Crippen LogP contribution in [0, 0.1) is 13.8 Å². The Morgan fingerprint density at radius 2 is 1.88 bits per heavy atom. The van der Waals surface area contributed by atoms with E-state index < -0.39 is 23.4 Å². The van der Waals surface area contributed by atoms with E-state index in [0.717, 1.165) is 27.2 Å². The van der Waals surface area contributed by atoms with Crippen LogP contribution in [0.2, 0.25) is 0 Å². The normalized spacial score (nSPS) is 17.9. The van der Waals surface area contributed by atoms with E-state index in [1.54, 1.807) is 31.2 Å². The van der Waals surface area contributed by atoms with E-state index in [1.807, 2.05) is 26.8 Å². The zero-order valence-electron chi connectivity index (χ0n) is 19.3. The van der Waals surface area contributed by atoms with E-state index in [0.29, 0.717) is 33.9 Å². The first-order valence-electron chi connectivity index (χ1n) is 10.9. The summed E-state index contributed by atoms with van der Waals surface area (Å²) in [6.07, 6.45) is 0.328. The number of benzene rings is 1. The van der Waals surface area contributed by atoms with E-state index >= 15 is 0 Å². The number of carbonyl (C=O) groups is 3. The summed E-state index contributed by atoms with van der Waals surface area (Å²) in [4.78, 5) is 57.7. The summed E-state index contributed by atoms with van der Waals surface area (Å²) in [7, 11) is 0. The van der Waals surface area contributed by atoms with E-state index in [1.165, 1.54) is 15.9 Å². The van der Waals surface area contributed by atoms with Crippen molar-refractivity contribution in [2.24, 2.45) is 0 Å². The Balaban J connectivity index is 1.52. The molecule has 4 amide bonds. The number of urea groups is 1. The number of aromatic nitrogens is 2. The predicted molar refractivity (Wildman–Crippen MR) is 132 cm³/mol. The molecule has 9 nitrogen and oxygen atoms in total. The van der Waals surface area contributed by atoms with Gasteiger partial charge < -0.3 is 5.32 Å². The van der Waals surface area contributed by atoms with E-state index in [2.05, 4.69) is 15.7 Å². The maximum absolute atomic E-state index is 13.2. The number of hydrogen-bond acceptors (Lipinski definition) is 7. The van der Waals surface area contributed by atoms with Gasteiger partial charge in [-0.1, -0.05) is 49.0 Å². The van der Waals surface area contributed by atoms with Crippen molar-refractivity contribution in [3.05, 3.63) is 56.7 Å². The van der Waals surface area contributed by atoms with E-state index in [4.69, 9.17) is 0 Å². The monoisotopic (exact) mass is 499 g/mol. The number of rotatable bonds is 7. The van der Waals surface area contributed by atoms with Gasteiger partial charge in [0.2, 0.25) is 5.91 Å². The van der Waals surface area contributed by atoms with Crippen LogP contribution in [0.5, 0.6) is 0 Å². The average molecular weight is 500 g/mol. The lowest BCUT2D eigenvalue weighted by Crippen LogP contribution is -2.49. The van der Waals surface area contributed by atoms with Crippen molar-refractivity contribution in [1.82, 2.24) is 25.3 Å². The average Bonchev–Trinajstić information content (AvgIpc) is 3.25. The third kappa shape index (κ3) is 3.88. The molecule has 2 aromatic heterocycles. The van der Waals surface area contributed by atoms with Crippen molar-refractivity contribution < 1.29 is 14.4 Å². The zero-order chi connectivity index (χ0) is 24.6. The largest absolute Gasteiger partial charge is 0.344 e. The standard InChI is InChI=1S/C23H25N5O4S2/c1-5-23(15-10-8-7-9-11-15)20(31)28(21(32)25-23)26-16(29)12-33-22-24-18-17(13(3)14(4)34-18)19(30)27(22)6-2/h7-11H,5-6,12H2,1-4H3,(H,25,32)(H,26,29). The molecule has 2 N–H and O–H groups in total. The highest BCUT2D eigenvalue weighted by Gasteiger charge is 2.52. The van der Waals surface area contributed by atoms with Crippen LogP contribution in [0.4, 0.5) is 4.79 Å². The van der Waals surface area contributed by atoms with Crippen LogP contribution in [-0.4, -0.2) is 38.2 Å². The number of imide groups is 1. The molecule has 3 aromatic rings. The molecule has 1 fully saturated rings. The molecule has 0 saturated carbocycles. The Labute approximate surface area is 204 Å².